The lowest BCUT2D eigenvalue weighted by atomic mass is 10.1. The molecule has 1 amide bonds. The van der Waals surface area contributed by atoms with E-state index in [0.29, 0.717) is 0 Å². The molecule has 1 aromatic heterocycles. The van der Waals surface area contributed by atoms with E-state index in [1.807, 2.05) is 20.8 Å². The number of amides is 1. The maximum Gasteiger partial charge on any atom is 0.224 e. The molecule has 0 aliphatic heterocycles. The first kappa shape index (κ1) is 20.1. The average molecular weight is 444 g/mol. The molecule has 1 N–H and O–H groups in total. The topological polar surface area (TPSA) is 63.2 Å². The third-order valence-electron chi connectivity index (χ3n) is 3.99. The molecule has 0 saturated heterocycles. The molecule has 0 unspecified atom stereocenters. The Morgan fingerprint density at radius 1 is 1.20 bits per heavy atom. The third-order valence-corrected chi connectivity index (χ3v) is 7.43. The number of thiophene rings is 1. The number of carbonyl (C=O) groups excluding carboxylic acids is 1. The highest BCUT2D eigenvalue weighted by Gasteiger charge is 2.25. The van der Waals surface area contributed by atoms with Crippen molar-refractivity contribution >= 4 is 43.0 Å². The number of hydrogen-bond acceptors (Lipinski definition) is 4. The van der Waals surface area contributed by atoms with Crippen LogP contribution in [0.4, 0.5) is 0 Å². The standard InChI is InChI=1S/C18H22BrNO3S2/c1-11(10-25(22,23)16-7-5-15(19)6-8-16)18(21)20-13(3)17-9-12(2)24-14(17)4/h5-9,11,13H,10H2,1-4H3,(H,20,21)/t11-,13+/m1/s1. The Balaban J connectivity index is 2.04. The van der Waals surface area contributed by atoms with E-state index >= 15 is 0 Å². The van der Waals surface area contributed by atoms with Gasteiger partial charge in [-0.1, -0.05) is 22.9 Å². The molecule has 0 bridgehead atoms. The van der Waals surface area contributed by atoms with Gasteiger partial charge in [0.1, 0.15) is 0 Å². The van der Waals surface area contributed by atoms with Gasteiger partial charge in [0.15, 0.2) is 9.84 Å². The summed E-state index contributed by atoms with van der Waals surface area (Å²) in [6.07, 6.45) is 0. The Morgan fingerprint density at radius 2 is 1.80 bits per heavy atom. The van der Waals surface area contributed by atoms with Crippen molar-refractivity contribution in [2.45, 2.75) is 38.6 Å². The summed E-state index contributed by atoms with van der Waals surface area (Å²) in [5.74, 6) is -1.10. The van der Waals surface area contributed by atoms with Crippen molar-refractivity contribution in [3.63, 3.8) is 0 Å². The molecule has 0 spiro atoms. The number of halogens is 1. The van der Waals surface area contributed by atoms with Crippen molar-refractivity contribution in [3.05, 3.63) is 50.1 Å². The van der Waals surface area contributed by atoms with Crippen LogP contribution >= 0.6 is 27.3 Å². The quantitative estimate of drug-likeness (QED) is 0.718. The second kappa shape index (κ2) is 8.01. The number of aryl methyl sites for hydroxylation is 2. The molecule has 0 radical (unpaired) electrons. The fourth-order valence-corrected chi connectivity index (χ4v) is 5.50. The largest absolute Gasteiger partial charge is 0.349 e. The lowest BCUT2D eigenvalue weighted by Crippen LogP contribution is -2.34. The van der Waals surface area contributed by atoms with E-state index < -0.39 is 15.8 Å². The van der Waals surface area contributed by atoms with Crippen LogP contribution in [0.2, 0.25) is 0 Å². The Hall–Kier alpha value is -1.18. The first-order chi connectivity index (χ1) is 11.6. The van der Waals surface area contributed by atoms with Crippen LogP contribution in [0.1, 0.15) is 35.2 Å². The third kappa shape index (κ3) is 5.15. The molecule has 136 valence electrons. The molecule has 25 heavy (non-hydrogen) atoms. The zero-order chi connectivity index (χ0) is 18.8. The molecule has 0 fully saturated rings. The highest BCUT2D eigenvalue weighted by molar-refractivity contribution is 9.10. The number of benzene rings is 1. The first-order valence-corrected chi connectivity index (χ1v) is 11.2. The van der Waals surface area contributed by atoms with Gasteiger partial charge in [0.25, 0.3) is 0 Å². The van der Waals surface area contributed by atoms with Gasteiger partial charge >= 0.3 is 0 Å². The molecule has 0 saturated carbocycles. The van der Waals surface area contributed by atoms with E-state index in [2.05, 4.69) is 27.3 Å². The highest BCUT2D eigenvalue weighted by Crippen LogP contribution is 2.26. The Kier molecular flexibility index (Phi) is 6.45. The van der Waals surface area contributed by atoms with Gasteiger partial charge in [0.05, 0.1) is 16.7 Å². The minimum Gasteiger partial charge on any atom is -0.349 e. The summed E-state index contributed by atoms with van der Waals surface area (Å²) >= 11 is 4.98. The van der Waals surface area contributed by atoms with Gasteiger partial charge in [-0.3, -0.25) is 4.79 Å². The van der Waals surface area contributed by atoms with Crippen LogP contribution in [-0.2, 0) is 14.6 Å². The van der Waals surface area contributed by atoms with Crippen LogP contribution in [0.25, 0.3) is 0 Å². The number of hydrogen-bond donors (Lipinski definition) is 1. The molecule has 1 heterocycles. The first-order valence-electron chi connectivity index (χ1n) is 7.96. The van der Waals surface area contributed by atoms with Crippen LogP contribution in [0.15, 0.2) is 39.7 Å². The summed E-state index contributed by atoms with van der Waals surface area (Å²) in [4.78, 5) is 15.0. The number of carbonyl (C=O) groups is 1. The zero-order valence-electron chi connectivity index (χ0n) is 14.7. The molecule has 2 aromatic rings. The van der Waals surface area contributed by atoms with E-state index in [-0.39, 0.29) is 22.6 Å². The number of nitrogens with one attached hydrogen (secondary N) is 1. The predicted octanol–water partition coefficient (Wildman–Crippen LogP) is 4.41. The summed E-state index contributed by atoms with van der Waals surface area (Å²) < 4.78 is 25.8. The normalized spacial score (nSPS) is 14.1. The molecular formula is C18H22BrNO3S2. The second-order valence-corrected chi connectivity index (χ2v) is 10.6. The van der Waals surface area contributed by atoms with Gasteiger partial charge in [0, 0.05) is 20.1 Å². The van der Waals surface area contributed by atoms with E-state index in [0.717, 1.165) is 10.0 Å². The maximum absolute atomic E-state index is 12.5. The lowest BCUT2D eigenvalue weighted by molar-refractivity contribution is -0.124. The minimum absolute atomic E-state index is 0.143. The lowest BCUT2D eigenvalue weighted by Gasteiger charge is -2.18. The van der Waals surface area contributed by atoms with Gasteiger partial charge in [-0.25, -0.2) is 8.42 Å². The van der Waals surface area contributed by atoms with Crippen molar-refractivity contribution in [1.29, 1.82) is 0 Å². The minimum atomic E-state index is -3.51. The van der Waals surface area contributed by atoms with E-state index in [9.17, 15) is 13.2 Å². The molecule has 2 atom stereocenters. The summed E-state index contributed by atoms with van der Waals surface area (Å²) in [6, 6.07) is 8.38. The number of rotatable bonds is 6. The summed E-state index contributed by atoms with van der Waals surface area (Å²) in [5, 5.41) is 2.93. The Morgan fingerprint density at radius 3 is 2.32 bits per heavy atom. The Labute approximate surface area is 161 Å². The monoisotopic (exact) mass is 443 g/mol. The van der Waals surface area contributed by atoms with Crippen LogP contribution in [0.5, 0.6) is 0 Å². The molecule has 0 aliphatic carbocycles. The van der Waals surface area contributed by atoms with Crippen molar-refractivity contribution in [1.82, 2.24) is 5.32 Å². The van der Waals surface area contributed by atoms with Crippen LogP contribution in [0.3, 0.4) is 0 Å². The van der Waals surface area contributed by atoms with Gasteiger partial charge in [-0.15, -0.1) is 11.3 Å². The van der Waals surface area contributed by atoms with Crippen LogP contribution < -0.4 is 5.32 Å². The predicted molar refractivity (Wildman–Crippen MR) is 106 cm³/mol. The molecular weight excluding hydrogens is 422 g/mol. The van der Waals surface area contributed by atoms with Crippen molar-refractivity contribution in [3.8, 4) is 0 Å². The Bertz CT molecular complexity index is 857. The molecule has 1 aromatic carbocycles. The van der Waals surface area contributed by atoms with Gasteiger partial charge in [0.2, 0.25) is 5.91 Å². The second-order valence-electron chi connectivity index (χ2n) is 6.24. The van der Waals surface area contributed by atoms with Gasteiger partial charge < -0.3 is 5.32 Å². The van der Waals surface area contributed by atoms with Crippen molar-refractivity contribution < 1.29 is 13.2 Å². The smallest absolute Gasteiger partial charge is 0.224 e. The highest BCUT2D eigenvalue weighted by atomic mass is 79.9. The van der Waals surface area contributed by atoms with Crippen molar-refractivity contribution in [2.24, 2.45) is 5.92 Å². The fourth-order valence-electron chi connectivity index (χ4n) is 2.66. The summed E-state index contributed by atoms with van der Waals surface area (Å²) in [6.45, 7) is 7.62. The average Bonchev–Trinajstić information content (AvgIpc) is 2.85. The SMILES string of the molecule is Cc1cc([C@H](C)NC(=O)[C@H](C)CS(=O)(=O)c2ccc(Br)cc2)c(C)s1. The van der Waals surface area contributed by atoms with Crippen molar-refractivity contribution in [2.75, 3.05) is 5.75 Å². The zero-order valence-corrected chi connectivity index (χ0v) is 17.9. The van der Waals surface area contributed by atoms with Gasteiger partial charge in [-0.05, 0) is 56.7 Å². The van der Waals surface area contributed by atoms with Gasteiger partial charge in [-0.2, -0.15) is 0 Å². The molecule has 4 nitrogen and oxygen atoms in total. The summed E-state index contributed by atoms with van der Waals surface area (Å²) in [7, 11) is -3.51. The molecule has 7 heteroatoms. The van der Waals surface area contributed by atoms with E-state index in [1.54, 1.807) is 42.5 Å². The maximum atomic E-state index is 12.5. The van der Waals surface area contributed by atoms with Crippen LogP contribution in [0, 0.1) is 19.8 Å². The summed E-state index contributed by atoms with van der Waals surface area (Å²) in [5.41, 5.74) is 1.08. The van der Waals surface area contributed by atoms with E-state index in [4.69, 9.17) is 0 Å². The fraction of sp³-hybridized carbons (Fsp3) is 0.389. The molecule has 0 aliphatic rings. The van der Waals surface area contributed by atoms with Crippen LogP contribution in [-0.4, -0.2) is 20.1 Å². The van der Waals surface area contributed by atoms with E-state index in [1.165, 1.54) is 9.75 Å². The molecule has 2 rings (SSSR count). The number of sulfone groups is 1.